The molecule has 0 bridgehead atoms. The van der Waals surface area contributed by atoms with Crippen LogP contribution >= 0.6 is 0 Å². The van der Waals surface area contributed by atoms with Crippen LogP contribution in [0.25, 0.3) is 0 Å². The maximum Gasteiger partial charge on any atom is 0.248 e. The molecule has 174 valence electrons. The third-order valence-electron chi connectivity index (χ3n) is 6.01. The largest absolute Gasteiger partial charge is 0.341 e. The Morgan fingerprint density at radius 1 is 1.16 bits per heavy atom. The number of carbonyl (C=O) groups excluding carboxylic acids is 3. The number of rotatable bonds is 5. The molecule has 0 aromatic heterocycles. The van der Waals surface area contributed by atoms with Crippen LogP contribution in [-0.4, -0.2) is 54.5 Å². The highest BCUT2D eigenvalue weighted by Crippen LogP contribution is 2.23. The molecule has 0 saturated heterocycles. The van der Waals surface area contributed by atoms with Gasteiger partial charge >= 0.3 is 0 Å². The van der Waals surface area contributed by atoms with Crippen LogP contribution in [0.2, 0.25) is 0 Å². The highest BCUT2D eigenvalue weighted by Gasteiger charge is 2.28. The predicted molar refractivity (Wildman–Crippen MR) is 125 cm³/mol. The zero-order valence-corrected chi connectivity index (χ0v) is 19.4. The van der Waals surface area contributed by atoms with Crippen LogP contribution in [0.3, 0.4) is 0 Å². The van der Waals surface area contributed by atoms with Crippen molar-refractivity contribution < 1.29 is 14.4 Å². The summed E-state index contributed by atoms with van der Waals surface area (Å²) in [6.45, 7) is 8.98. The molecule has 2 aliphatic heterocycles. The Labute approximate surface area is 190 Å². The molecule has 8 heteroatoms. The van der Waals surface area contributed by atoms with Gasteiger partial charge < -0.3 is 15.1 Å². The summed E-state index contributed by atoms with van der Waals surface area (Å²) in [5.74, 6) is -0.0161. The minimum absolute atomic E-state index is 0.0381. The van der Waals surface area contributed by atoms with E-state index in [1.165, 1.54) is 0 Å². The van der Waals surface area contributed by atoms with Gasteiger partial charge in [-0.1, -0.05) is 32.0 Å². The molecule has 0 radical (unpaired) electrons. The van der Waals surface area contributed by atoms with Crippen LogP contribution in [-0.2, 0) is 20.9 Å². The van der Waals surface area contributed by atoms with Crippen LogP contribution in [0.15, 0.2) is 29.4 Å². The molecule has 0 saturated carbocycles. The number of anilines is 1. The summed E-state index contributed by atoms with van der Waals surface area (Å²) in [5.41, 5.74) is 5.25. The molecule has 1 atom stereocenters. The van der Waals surface area contributed by atoms with E-state index >= 15 is 0 Å². The van der Waals surface area contributed by atoms with Gasteiger partial charge in [-0.05, 0) is 37.3 Å². The van der Waals surface area contributed by atoms with E-state index in [0.717, 1.165) is 17.0 Å². The summed E-state index contributed by atoms with van der Waals surface area (Å²) in [4.78, 5) is 41.6. The van der Waals surface area contributed by atoms with Crippen LogP contribution in [0, 0.1) is 11.8 Å². The zero-order chi connectivity index (χ0) is 23.1. The number of carbonyl (C=O) groups is 3. The van der Waals surface area contributed by atoms with Crippen molar-refractivity contribution in [2.45, 2.75) is 53.0 Å². The van der Waals surface area contributed by atoms with Gasteiger partial charge in [-0.2, -0.15) is 5.10 Å². The number of hydrazone groups is 1. The summed E-state index contributed by atoms with van der Waals surface area (Å²) in [6, 6.07) is 8.02. The number of amides is 3. The molecule has 1 unspecified atom stereocenters. The molecule has 1 aromatic rings. The van der Waals surface area contributed by atoms with E-state index in [1.807, 2.05) is 34.9 Å². The van der Waals surface area contributed by atoms with Crippen molar-refractivity contribution in [2.24, 2.45) is 16.9 Å². The summed E-state index contributed by atoms with van der Waals surface area (Å²) in [7, 11) is 0. The Kier molecular flexibility index (Phi) is 8.39. The summed E-state index contributed by atoms with van der Waals surface area (Å²) < 4.78 is 0. The second kappa shape index (κ2) is 11.2. The molecule has 2 aliphatic rings. The standard InChI is InChI=1S/C24H35N5O3/c1-17(2)15-23(31)29-13-6-12-28(14-11-25-16-19-7-4-5-8-21(19)29)22(30)10-9-20-18(3)26-27-24(20)32/h4-5,7-8,17,20,25H,6,9-16H2,1-3H3,(H,27,32). The lowest BCUT2D eigenvalue weighted by molar-refractivity contribution is -0.131. The molecule has 2 heterocycles. The first kappa shape index (κ1) is 23.9. The lowest BCUT2D eigenvalue weighted by Crippen LogP contribution is -2.39. The van der Waals surface area contributed by atoms with E-state index in [1.54, 1.807) is 0 Å². The number of nitrogens with zero attached hydrogens (tertiary/aromatic N) is 3. The fourth-order valence-electron chi connectivity index (χ4n) is 4.24. The third-order valence-corrected chi connectivity index (χ3v) is 6.01. The molecule has 3 rings (SSSR count). The first-order valence-corrected chi connectivity index (χ1v) is 11.6. The third kappa shape index (κ3) is 6.16. The van der Waals surface area contributed by atoms with Crippen molar-refractivity contribution in [2.75, 3.05) is 31.1 Å². The Bertz CT molecular complexity index is 867. The second-order valence-electron chi connectivity index (χ2n) is 9.00. The number of fused-ring (bicyclic) bond motifs is 1. The first-order valence-electron chi connectivity index (χ1n) is 11.6. The van der Waals surface area contributed by atoms with Crippen molar-refractivity contribution in [3.8, 4) is 0 Å². The topological polar surface area (TPSA) is 94.1 Å². The Morgan fingerprint density at radius 3 is 2.66 bits per heavy atom. The smallest absolute Gasteiger partial charge is 0.248 e. The maximum absolute atomic E-state index is 13.0. The van der Waals surface area contributed by atoms with Crippen LogP contribution in [0.4, 0.5) is 5.69 Å². The highest BCUT2D eigenvalue weighted by molar-refractivity contribution is 6.07. The van der Waals surface area contributed by atoms with Gasteiger partial charge in [-0.25, -0.2) is 5.43 Å². The fourth-order valence-corrected chi connectivity index (χ4v) is 4.24. The highest BCUT2D eigenvalue weighted by atomic mass is 16.2. The van der Waals surface area contributed by atoms with E-state index in [9.17, 15) is 14.4 Å². The van der Waals surface area contributed by atoms with Gasteiger partial charge in [0.2, 0.25) is 17.7 Å². The van der Waals surface area contributed by atoms with E-state index in [-0.39, 0.29) is 29.6 Å². The number of benzene rings is 1. The van der Waals surface area contributed by atoms with Gasteiger partial charge in [0, 0.05) is 57.0 Å². The number of hydrogen-bond acceptors (Lipinski definition) is 5. The van der Waals surface area contributed by atoms with Crippen molar-refractivity contribution in [3.05, 3.63) is 29.8 Å². The molecule has 3 amide bonds. The number of hydrogen-bond donors (Lipinski definition) is 2. The van der Waals surface area contributed by atoms with Gasteiger partial charge in [0.25, 0.3) is 0 Å². The van der Waals surface area contributed by atoms with Crippen molar-refractivity contribution in [1.29, 1.82) is 0 Å². The molecule has 2 N–H and O–H groups in total. The zero-order valence-electron chi connectivity index (χ0n) is 19.4. The summed E-state index contributed by atoms with van der Waals surface area (Å²) in [5, 5.41) is 7.38. The molecule has 32 heavy (non-hydrogen) atoms. The van der Waals surface area contributed by atoms with Crippen LogP contribution in [0.1, 0.15) is 52.0 Å². The van der Waals surface area contributed by atoms with Gasteiger partial charge in [0.15, 0.2) is 0 Å². The average molecular weight is 442 g/mol. The fraction of sp³-hybridized carbons (Fsp3) is 0.583. The molecular formula is C24H35N5O3. The minimum Gasteiger partial charge on any atom is -0.341 e. The minimum atomic E-state index is -0.320. The van der Waals surface area contributed by atoms with Crippen molar-refractivity contribution in [3.63, 3.8) is 0 Å². The number of para-hydroxylation sites is 1. The predicted octanol–water partition coefficient (Wildman–Crippen LogP) is 2.29. The Balaban J connectivity index is 1.67. The van der Waals surface area contributed by atoms with E-state index in [2.05, 4.69) is 35.8 Å². The molecule has 0 aliphatic carbocycles. The second-order valence-corrected chi connectivity index (χ2v) is 9.00. The quantitative estimate of drug-likeness (QED) is 0.733. The molecule has 0 fully saturated rings. The van der Waals surface area contributed by atoms with Crippen molar-refractivity contribution in [1.82, 2.24) is 15.6 Å². The Morgan fingerprint density at radius 2 is 1.94 bits per heavy atom. The monoisotopic (exact) mass is 441 g/mol. The van der Waals surface area contributed by atoms with E-state index in [0.29, 0.717) is 58.4 Å². The van der Waals surface area contributed by atoms with Crippen LogP contribution in [0.5, 0.6) is 0 Å². The first-order chi connectivity index (χ1) is 15.4. The number of nitrogens with one attached hydrogen (secondary N) is 2. The molecular weight excluding hydrogens is 406 g/mol. The van der Waals surface area contributed by atoms with Gasteiger partial charge in [-0.15, -0.1) is 0 Å². The van der Waals surface area contributed by atoms with Gasteiger partial charge in [0.1, 0.15) is 0 Å². The lowest BCUT2D eigenvalue weighted by atomic mass is 9.98. The van der Waals surface area contributed by atoms with E-state index < -0.39 is 0 Å². The van der Waals surface area contributed by atoms with Crippen molar-refractivity contribution >= 4 is 29.1 Å². The Hall–Kier alpha value is -2.74. The average Bonchev–Trinajstić information content (AvgIpc) is 3.05. The maximum atomic E-state index is 13.0. The summed E-state index contributed by atoms with van der Waals surface area (Å²) >= 11 is 0. The normalized spacial score (nSPS) is 19.8. The SMILES string of the molecule is CC1=NNC(=O)C1CCC(=O)N1CCCN(C(=O)CC(C)C)c2ccccc2CNCC1. The van der Waals surface area contributed by atoms with Gasteiger partial charge in [0.05, 0.1) is 5.92 Å². The molecule has 0 spiro atoms. The molecule has 8 nitrogen and oxygen atoms in total. The van der Waals surface area contributed by atoms with E-state index in [4.69, 9.17) is 0 Å². The lowest BCUT2D eigenvalue weighted by Gasteiger charge is -2.27. The molecule has 1 aromatic carbocycles. The van der Waals surface area contributed by atoms with Crippen LogP contribution < -0.4 is 15.6 Å². The summed E-state index contributed by atoms with van der Waals surface area (Å²) in [6.07, 6.45) is 1.97. The van der Waals surface area contributed by atoms with Gasteiger partial charge in [-0.3, -0.25) is 14.4 Å².